The number of rotatable bonds is 7. The van der Waals surface area contributed by atoms with Crippen molar-refractivity contribution in [2.24, 2.45) is 0 Å². The number of fused-ring (bicyclic) bond motifs is 1. The highest BCUT2D eigenvalue weighted by atomic mass is 19.4. The van der Waals surface area contributed by atoms with Crippen molar-refractivity contribution in [2.45, 2.75) is 46.3 Å². The molecule has 1 aliphatic carbocycles. The first kappa shape index (κ1) is 25.1. The van der Waals surface area contributed by atoms with Crippen LogP contribution in [0.25, 0.3) is 17.7 Å². The van der Waals surface area contributed by atoms with Gasteiger partial charge in [0.05, 0.1) is 29.9 Å². The highest BCUT2D eigenvalue weighted by molar-refractivity contribution is 5.86. The number of allylic oxidation sites excluding steroid dienone is 7. The number of carbonyl (C=O) groups is 1. The Hall–Kier alpha value is -3.55. The first-order valence-corrected chi connectivity index (χ1v) is 10.9. The summed E-state index contributed by atoms with van der Waals surface area (Å²) in [5, 5.41) is 5.23. The number of hydrogen-bond acceptors (Lipinski definition) is 3. The third kappa shape index (κ3) is 5.50. The molecule has 2 heterocycles. The van der Waals surface area contributed by atoms with Crippen LogP contribution < -0.4 is 10.6 Å². The second-order valence-corrected chi connectivity index (χ2v) is 8.22. The standard InChI is InChI=1S/C26H28F3N3O2/c1-6-9-19(22(7-2)26(27,28)29)25-21(20-12-16(3)10-8-11-23(20)30-25)14-24(33)32(5)15-18-13-17(4)31-34-18/h6-7,9-13,30H,1,8,14-15H2,2-5H3/b19-9+,22-7+. The van der Waals surface area contributed by atoms with Crippen LogP contribution in [0.15, 0.2) is 52.6 Å². The molecule has 180 valence electrons. The molecular weight excluding hydrogens is 443 g/mol. The predicted molar refractivity (Wildman–Crippen MR) is 127 cm³/mol. The highest BCUT2D eigenvalue weighted by Gasteiger charge is 2.37. The highest BCUT2D eigenvalue weighted by Crippen LogP contribution is 2.36. The smallest absolute Gasteiger partial charge is 0.359 e. The fraction of sp³-hybridized carbons (Fsp3) is 0.308. The van der Waals surface area contributed by atoms with Gasteiger partial charge in [-0.05, 0) is 38.8 Å². The first-order chi connectivity index (χ1) is 16.0. The van der Waals surface area contributed by atoms with Crippen LogP contribution in [-0.4, -0.2) is 34.2 Å². The number of hydrogen-bond donors (Lipinski definition) is 1. The molecule has 0 fully saturated rings. The summed E-state index contributed by atoms with van der Waals surface area (Å²) in [5.41, 5.74) is 1.58. The number of H-pyrrole nitrogens is 1. The minimum Gasteiger partial charge on any atom is -0.359 e. The molecule has 3 rings (SSSR count). The zero-order chi connectivity index (χ0) is 25.0. The Labute approximate surface area is 196 Å². The predicted octanol–water partition coefficient (Wildman–Crippen LogP) is 4.50. The zero-order valence-corrected chi connectivity index (χ0v) is 19.7. The molecule has 0 saturated heterocycles. The number of halogens is 3. The van der Waals surface area contributed by atoms with Gasteiger partial charge in [-0.25, -0.2) is 0 Å². The average Bonchev–Trinajstić information content (AvgIpc) is 3.24. The molecular formula is C26H28F3N3O2. The number of aromatic amines is 1. The van der Waals surface area contributed by atoms with Gasteiger partial charge in [0.15, 0.2) is 5.76 Å². The fourth-order valence-corrected chi connectivity index (χ4v) is 3.96. The molecule has 2 aromatic heterocycles. The van der Waals surface area contributed by atoms with E-state index < -0.39 is 11.7 Å². The van der Waals surface area contributed by atoms with Crippen LogP contribution in [0.3, 0.4) is 0 Å². The second kappa shape index (κ2) is 10.2. The first-order valence-electron chi connectivity index (χ1n) is 10.9. The minimum atomic E-state index is -4.57. The van der Waals surface area contributed by atoms with Gasteiger partial charge in [-0.15, -0.1) is 0 Å². The Kier molecular flexibility index (Phi) is 7.49. The van der Waals surface area contributed by atoms with Crippen LogP contribution in [-0.2, 0) is 17.8 Å². The van der Waals surface area contributed by atoms with E-state index >= 15 is 0 Å². The topological polar surface area (TPSA) is 62.1 Å². The number of aromatic nitrogens is 2. The van der Waals surface area contributed by atoms with E-state index in [0.29, 0.717) is 34.0 Å². The van der Waals surface area contributed by atoms with Crippen LogP contribution in [0.2, 0.25) is 0 Å². The molecule has 8 heteroatoms. The number of nitrogens with zero attached hydrogens (tertiary/aromatic N) is 2. The van der Waals surface area contributed by atoms with Crippen LogP contribution in [0, 0.1) is 6.92 Å². The Morgan fingerprint density at radius 2 is 2.06 bits per heavy atom. The molecule has 2 aromatic rings. The van der Waals surface area contributed by atoms with E-state index in [1.54, 1.807) is 20.0 Å². The summed E-state index contributed by atoms with van der Waals surface area (Å²) in [7, 11) is 1.62. The van der Waals surface area contributed by atoms with Gasteiger partial charge >= 0.3 is 6.18 Å². The third-order valence-corrected chi connectivity index (χ3v) is 5.57. The van der Waals surface area contributed by atoms with Crippen LogP contribution in [0.4, 0.5) is 13.2 Å². The molecule has 0 saturated carbocycles. The lowest BCUT2D eigenvalue weighted by Gasteiger charge is -2.18. The summed E-state index contributed by atoms with van der Waals surface area (Å²) in [4.78, 5) is 17.8. The van der Waals surface area contributed by atoms with Gasteiger partial charge in [0.2, 0.25) is 5.91 Å². The molecule has 0 atom stereocenters. The second-order valence-electron chi connectivity index (χ2n) is 8.22. The van der Waals surface area contributed by atoms with E-state index in [0.717, 1.165) is 11.6 Å². The lowest BCUT2D eigenvalue weighted by molar-refractivity contribution is -0.130. The van der Waals surface area contributed by atoms with Gasteiger partial charge in [0.25, 0.3) is 0 Å². The maximum absolute atomic E-state index is 13.9. The Balaban J connectivity index is 2.13. The summed E-state index contributed by atoms with van der Waals surface area (Å²) < 4.78 is 46.8. The van der Waals surface area contributed by atoms with Gasteiger partial charge in [-0.1, -0.05) is 47.7 Å². The summed E-state index contributed by atoms with van der Waals surface area (Å²) in [5.74, 6) is 0.268. The average molecular weight is 472 g/mol. The number of nitrogens with one attached hydrogen (secondary N) is 1. The van der Waals surface area contributed by atoms with E-state index in [9.17, 15) is 18.0 Å². The maximum Gasteiger partial charge on any atom is 0.416 e. The van der Waals surface area contributed by atoms with E-state index in [-0.39, 0.29) is 30.1 Å². The van der Waals surface area contributed by atoms with Gasteiger partial charge in [0.1, 0.15) is 0 Å². The van der Waals surface area contributed by atoms with Crippen molar-refractivity contribution >= 4 is 23.6 Å². The Morgan fingerprint density at radius 1 is 1.32 bits per heavy atom. The third-order valence-electron chi connectivity index (χ3n) is 5.57. The molecule has 0 aromatic carbocycles. The van der Waals surface area contributed by atoms with Crippen molar-refractivity contribution in [3.05, 3.63) is 81.4 Å². The summed E-state index contributed by atoms with van der Waals surface area (Å²) in [6.45, 7) is 8.85. The normalized spacial score (nSPS) is 14.5. The summed E-state index contributed by atoms with van der Waals surface area (Å²) in [6.07, 6.45) is 5.47. The number of alkyl halides is 3. The van der Waals surface area contributed by atoms with E-state index in [4.69, 9.17) is 4.52 Å². The molecule has 1 aliphatic rings. The van der Waals surface area contributed by atoms with Crippen molar-refractivity contribution in [2.75, 3.05) is 7.05 Å². The Bertz CT molecular complexity index is 1300. The largest absolute Gasteiger partial charge is 0.416 e. The van der Waals surface area contributed by atoms with E-state index in [1.165, 1.54) is 24.0 Å². The van der Waals surface area contributed by atoms with Crippen molar-refractivity contribution < 1.29 is 22.5 Å². The molecule has 0 unspecified atom stereocenters. The number of amides is 1. The fourth-order valence-electron chi connectivity index (χ4n) is 3.96. The summed E-state index contributed by atoms with van der Waals surface area (Å²) >= 11 is 0. The van der Waals surface area contributed by atoms with Crippen molar-refractivity contribution in [3.8, 4) is 0 Å². The molecule has 1 amide bonds. The number of carbonyl (C=O) groups excluding carboxylic acids is 1. The number of aryl methyl sites for hydroxylation is 1. The minimum absolute atomic E-state index is 0.0576. The van der Waals surface area contributed by atoms with E-state index in [1.807, 2.05) is 25.2 Å². The lowest BCUT2D eigenvalue weighted by atomic mass is 9.96. The zero-order valence-electron chi connectivity index (χ0n) is 19.7. The molecule has 34 heavy (non-hydrogen) atoms. The SMILES string of the molecule is C=C/C=C(\C(=C/C)C(F)(F)F)c1[nH]c2c(c1CC(=O)N(C)Cc1cc(C)no1)=CC(C)=CCC=2. The molecule has 0 spiro atoms. The van der Waals surface area contributed by atoms with Crippen molar-refractivity contribution in [1.82, 2.24) is 15.0 Å². The molecule has 0 radical (unpaired) electrons. The molecule has 1 N–H and O–H groups in total. The Morgan fingerprint density at radius 3 is 2.65 bits per heavy atom. The lowest BCUT2D eigenvalue weighted by Crippen LogP contribution is -2.31. The monoisotopic (exact) mass is 471 g/mol. The van der Waals surface area contributed by atoms with Crippen molar-refractivity contribution in [3.63, 3.8) is 0 Å². The van der Waals surface area contributed by atoms with E-state index in [2.05, 4.69) is 16.7 Å². The molecule has 0 bridgehead atoms. The van der Waals surface area contributed by atoms with Gasteiger partial charge in [0, 0.05) is 29.3 Å². The van der Waals surface area contributed by atoms with Gasteiger partial charge in [-0.3, -0.25) is 4.79 Å². The van der Waals surface area contributed by atoms with Gasteiger partial charge in [-0.2, -0.15) is 13.2 Å². The molecule has 0 aliphatic heterocycles. The van der Waals surface area contributed by atoms with Crippen molar-refractivity contribution in [1.29, 1.82) is 0 Å². The quantitative estimate of drug-likeness (QED) is 0.605. The maximum atomic E-state index is 13.9. The van der Waals surface area contributed by atoms with Gasteiger partial charge < -0.3 is 14.4 Å². The van der Waals surface area contributed by atoms with Crippen LogP contribution in [0.5, 0.6) is 0 Å². The van der Waals surface area contributed by atoms with Crippen LogP contribution in [0.1, 0.15) is 43.0 Å². The summed E-state index contributed by atoms with van der Waals surface area (Å²) in [6, 6.07) is 1.74. The number of likely N-dealkylation sites (N-methyl/N-ethyl adjacent to an activating group) is 1. The molecule has 5 nitrogen and oxygen atoms in total. The van der Waals surface area contributed by atoms with Crippen LogP contribution >= 0.6 is 0 Å².